The van der Waals surface area contributed by atoms with Crippen molar-refractivity contribution >= 4 is 22.8 Å². The van der Waals surface area contributed by atoms with Crippen LogP contribution in [0.15, 0.2) is 54.4 Å². The van der Waals surface area contributed by atoms with Crippen LogP contribution < -0.4 is 9.47 Å². The number of fused-ring (bicyclic) bond motifs is 2. The number of hydrogen-bond acceptors (Lipinski definition) is 3. The normalized spacial score (nSPS) is 14.9. The van der Waals surface area contributed by atoms with Gasteiger partial charge in [0, 0.05) is 35.3 Å². The van der Waals surface area contributed by atoms with Crippen molar-refractivity contribution in [2.75, 3.05) is 7.11 Å². The molecule has 0 atom stereocenters. The number of rotatable bonds is 3. The fourth-order valence-electron chi connectivity index (χ4n) is 3.09. The van der Waals surface area contributed by atoms with Gasteiger partial charge in [-0.1, -0.05) is 18.2 Å². The number of hydrogen-bond donors (Lipinski definition) is 0. The van der Waals surface area contributed by atoms with Crippen molar-refractivity contribution in [1.29, 1.82) is 0 Å². The average Bonchev–Trinajstić information content (AvgIpc) is 3.13. The number of aromatic nitrogens is 1. The number of benzene rings is 2. The van der Waals surface area contributed by atoms with E-state index in [1.807, 2.05) is 18.2 Å². The minimum atomic E-state index is -0.0963. The van der Waals surface area contributed by atoms with Gasteiger partial charge in [0.05, 0.1) is 12.7 Å². The molecule has 120 valence electrons. The first-order valence-electron chi connectivity index (χ1n) is 7.91. The maximum atomic E-state index is 12.6. The molecule has 1 aliphatic heterocycles. The summed E-state index contributed by atoms with van der Waals surface area (Å²) in [5, 5.41) is 1.11. The number of para-hydroxylation sites is 1. The number of ether oxygens (including phenoxy) is 2. The Balaban J connectivity index is 1.79. The summed E-state index contributed by atoms with van der Waals surface area (Å²) >= 11 is 0. The standard InChI is InChI=1S/C20H17NO3/c1-3-21-12-13(15-6-4-5-7-17(15)21)10-19-20(22)16-9-8-14(23-2)11-18(16)24-19/h4-12H,3H2,1-2H3/b19-10-. The van der Waals surface area contributed by atoms with Crippen LogP contribution in [0.4, 0.5) is 0 Å². The fourth-order valence-corrected chi connectivity index (χ4v) is 3.09. The van der Waals surface area contributed by atoms with E-state index in [-0.39, 0.29) is 5.78 Å². The Hall–Kier alpha value is -3.01. The number of ketones is 1. The van der Waals surface area contributed by atoms with E-state index in [1.165, 1.54) is 0 Å². The number of methoxy groups -OCH3 is 1. The third kappa shape index (κ3) is 2.19. The lowest BCUT2D eigenvalue weighted by atomic mass is 10.1. The van der Waals surface area contributed by atoms with Crippen molar-refractivity contribution in [1.82, 2.24) is 4.57 Å². The Bertz CT molecular complexity index is 982. The molecule has 24 heavy (non-hydrogen) atoms. The molecule has 0 fully saturated rings. The zero-order valence-electron chi connectivity index (χ0n) is 13.6. The van der Waals surface area contributed by atoms with Crippen molar-refractivity contribution in [2.45, 2.75) is 13.5 Å². The first-order valence-corrected chi connectivity index (χ1v) is 7.91. The molecular formula is C20H17NO3. The van der Waals surface area contributed by atoms with Crippen molar-refractivity contribution in [3.05, 3.63) is 65.5 Å². The van der Waals surface area contributed by atoms with E-state index in [0.29, 0.717) is 22.8 Å². The van der Waals surface area contributed by atoms with Crippen LogP contribution in [0.1, 0.15) is 22.8 Å². The summed E-state index contributed by atoms with van der Waals surface area (Å²) in [6.07, 6.45) is 3.88. The van der Waals surface area contributed by atoms with Gasteiger partial charge in [0.25, 0.3) is 0 Å². The molecule has 0 amide bonds. The Morgan fingerprint density at radius 1 is 1.21 bits per heavy atom. The molecule has 0 aliphatic carbocycles. The van der Waals surface area contributed by atoms with Crippen LogP contribution in [-0.2, 0) is 6.54 Å². The predicted octanol–water partition coefficient (Wildman–Crippen LogP) is 4.29. The van der Waals surface area contributed by atoms with Gasteiger partial charge in [-0.05, 0) is 31.2 Å². The van der Waals surface area contributed by atoms with E-state index >= 15 is 0 Å². The van der Waals surface area contributed by atoms with E-state index in [4.69, 9.17) is 9.47 Å². The van der Waals surface area contributed by atoms with Crippen LogP contribution in [0.2, 0.25) is 0 Å². The number of aryl methyl sites for hydroxylation is 1. The minimum absolute atomic E-state index is 0.0963. The summed E-state index contributed by atoms with van der Waals surface area (Å²) < 4.78 is 13.1. The maximum absolute atomic E-state index is 12.6. The zero-order chi connectivity index (χ0) is 16.7. The van der Waals surface area contributed by atoms with Crippen LogP contribution in [0.3, 0.4) is 0 Å². The van der Waals surface area contributed by atoms with Gasteiger partial charge in [-0.15, -0.1) is 0 Å². The molecule has 0 unspecified atom stereocenters. The molecule has 2 aromatic carbocycles. The van der Waals surface area contributed by atoms with Gasteiger partial charge < -0.3 is 14.0 Å². The minimum Gasteiger partial charge on any atom is -0.497 e. The molecule has 0 spiro atoms. The second-order valence-electron chi connectivity index (χ2n) is 5.69. The smallest absolute Gasteiger partial charge is 0.231 e. The van der Waals surface area contributed by atoms with Gasteiger partial charge >= 0.3 is 0 Å². The number of carbonyl (C=O) groups is 1. The first-order chi connectivity index (χ1) is 11.7. The molecular weight excluding hydrogens is 302 g/mol. The highest BCUT2D eigenvalue weighted by Crippen LogP contribution is 2.35. The molecule has 0 radical (unpaired) electrons. The lowest BCUT2D eigenvalue weighted by molar-refractivity contribution is 0.101. The highest BCUT2D eigenvalue weighted by atomic mass is 16.5. The third-order valence-electron chi connectivity index (χ3n) is 4.32. The largest absolute Gasteiger partial charge is 0.497 e. The van der Waals surface area contributed by atoms with E-state index < -0.39 is 0 Å². The Kier molecular flexibility index (Phi) is 3.38. The molecule has 4 heteroatoms. The fraction of sp³-hybridized carbons (Fsp3) is 0.150. The van der Waals surface area contributed by atoms with Crippen molar-refractivity contribution in [3.63, 3.8) is 0 Å². The number of nitrogens with zero attached hydrogens (tertiary/aromatic N) is 1. The summed E-state index contributed by atoms with van der Waals surface area (Å²) in [7, 11) is 1.59. The van der Waals surface area contributed by atoms with Gasteiger partial charge in [0.15, 0.2) is 5.76 Å². The summed E-state index contributed by atoms with van der Waals surface area (Å²) in [5.41, 5.74) is 2.70. The molecule has 0 saturated carbocycles. The third-order valence-corrected chi connectivity index (χ3v) is 4.32. The van der Waals surface area contributed by atoms with E-state index in [2.05, 4.69) is 29.8 Å². The maximum Gasteiger partial charge on any atom is 0.231 e. The lowest BCUT2D eigenvalue weighted by Crippen LogP contribution is -1.97. The van der Waals surface area contributed by atoms with E-state index in [0.717, 1.165) is 23.0 Å². The lowest BCUT2D eigenvalue weighted by Gasteiger charge is -2.01. The summed E-state index contributed by atoms with van der Waals surface area (Å²) in [4.78, 5) is 12.6. The number of allylic oxidation sites excluding steroid dienone is 1. The van der Waals surface area contributed by atoms with Crippen molar-refractivity contribution < 1.29 is 14.3 Å². The van der Waals surface area contributed by atoms with Crippen molar-refractivity contribution in [3.8, 4) is 11.5 Å². The monoisotopic (exact) mass is 319 g/mol. The second-order valence-corrected chi connectivity index (χ2v) is 5.69. The second kappa shape index (κ2) is 5.57. The van der Waals surface area contributed by atoms with Gasteiger partial charge in [0.2, 0.25) is 5.78 Å². The Morgan fingerprint density at radius 3 is 2.83 bits per heavy atom. The van der Waals surface area contributed by atoms with Crippen LogP contribution in [0.25, 0.3) is 17.0 Å². The molecule has 0 bridgehead atoms. The van der Waals surface area contributed by atoms with Gasteiger partial charge in [-0.3, -0.25) is 4.79 Å². The van der Waals surface area contributed by atoms with Crippen LogP contribution in [0.5, 0.6) is 11.5 Å². The molecule has 3 aromatic rings. The Labute approximate surface area is 139 Å². The van der Waals surface area contributed by atoms with Crippen LogP contribution in [0, 0.1) is 0 Å². The zero-order valence-corrected chi connectivity index (χ0v) is 13.6. The van der Waals surface area contributed by atoms with Crippen LogP contribution in [-0.4, -0.2) is 17.5 Å². The van der Waals surface area contributed by atoms with Crippen LogP contribution >= 0.6 is 0 Å². The van der Waals surface area contributed by atoms with E-state index in [9.17, 15) is 4.79 Å². The summed E-state index contributed by atoms with van der Waals surface area (Å²) in [6.45, 7) is 2.97. The highest BCUT2D eigenvalue weighted by Gasteiger charge is 2.28. The van der Waals surface area contributed by atoms with Gasteiger partial charge in [-0.2, -0.15) is 0 Å². The molecule has 2 heterocycles. The molecule has 0 saturated heterocycles. The molecule has 4 rings (SSSR count). The summed E-state index contributed by atoms with van der Waals surface area (Å²) in [6, 6.07) is 13.4. The van der Waals surface area contributed by atoms with Crippen molar-refractivity contribution in [2.24, 2.45) is 0 Å². The number of carbonyl (C=O) groups excluding carboxylic acids is 1. The SMILES string of the molecule is CCn1cc(/C=C2\Oc3cc(OC)ccc3C2=O)c2ccccc21. The summed E-state index contributed by atoms with van der Waals surface area (Å²) in [5.74, 6) is 1.47. The first kappa shape index (κ1) is 14.6. The van der Waals surface area contributed by atoms with Gasteiger partial charge in [0.1, 0.15) is 11.5 Å². The average molecular weight is 319 g/mol. The molecule has 1 aliphatic rings. The molecule has 0 N–H and O–H groups in total. The molecule has 4 nitrogen and oxygen atoms in total. The van der Waals surface area contributed by atoms with Gasteiger partial charge in [-0.25, -0.2) is 0 Å². The Morgan fingerprint density at radius 2 is 2.04 bits per heavy atom. The van der Waals surface area contributed by atoms with E-state index in [1.54, 1.807) is 25.3 Å². The predicted molar refractivity (Wildman–Crippen MR) is 93.5 cm³/mol. The topological polar surface area (TPSA) is 40.5 Å². The quantitative estimate of drug-likeness (QED) is 0.676. The highest BCUT2D eigenvalue weighted by molar-refractivity contribution is 6.15. The molecule has 1 aromatic heterocycles. The number of Topliss-reactive ketones (excluding diaryl/α,β-unsaturated/α-hetero) is 1.